The van der Waals surface area contributed by atoms with Gasteiger partial charge < -0.3 is 15.2 Å². The van der Waals surface area contributed by atoms with Gasteiger partial charge in [-0.1, -0.05) is 0 Å². The number of aliphatic imine (C=N–C) groups is 1. The highest BCUT2D eigenvalue weighted by Crippen LogP contribution is 2.18. The Morgan fingerprint density at radius 3 is 2.95 bits per heavy atom. The van der Waals surface area contributed by atoms with Crippen LogP contribution in [0.5, 0.6) is 0 Å². The van der Waals surface area contributed by atoms with Gasteiger partial charge in [-0.05, 0) is 42.2 Å². The number of thiophene rings is 1. The lowest BCUT2D eigenvalue weighted by molar-refractivity contribution is 0.713. The van der Waals surface area contributed by atoms with Crippen molar-refractivity contribution in [1.29, 1.82) is 0 Å². The minimum absolute atomic E-state index is 0.569. The molecule has 0 amide bonds. The third-order valence-corrected chi connectivity index (χ3v) is 4.25. The Morgan fingerprint density at radius 2 is 2.33 bits per heavy atom. The van der Waals surface area contributed by atoms with Crippen LogP contribution in [-0.4, -0.2) is 26.8 Å². The minimum Gasteiger partial charge on any atom is -0.354 e. The van der Waals surface area contributed by atoms with Crippen molar-refractivity contribution in [1.82, 2.24) is 25.4 Å². The second kappa shape index (κ2) is 6.26. The molecule has 112 valence electrons. The highest BCUT2D eigenvalue weighted by atomic mass is 32.1. The van der Waals surface area contributed by atoms with Crippen LogP contribution in [0.3, 0.4) is 0 Å². The van der Waals surface area contributed by atoms with Gasteiger partial charge in [-0.25, -0.2) is 4.99 Å². The predicted octanol–water partition coefficient (Wildman–Crippen LogP) is 1.58. The van der Waals surface area contributed by atoms with Gasteiger partial charge in [0, 0.05) is 13.1 Å². The van der Waals surface area contributed by atoms with Crippen LogP contribution < -0.4 is 10.6 Å². The SMILES string of the molecule is Cc1nnc(CNC(=NCc2ccsc2)NC2CC2)n1C. The maximum atomic E-state index is 4.64. The molecule has 1 fully saturated rings. The quantitative estimate of drug-likeness (QED) is 0.650. The molecule has 2 aromatic heterocycles. The molecule has 1 saturated carbocycles. The lowest BCUT2D eigenvalue weighted by atomic mass is 10.3. The molecule has 0 unspecified atom stereocenters. The molecule has 1 aliphatic carbocycles. The van der Waals surface area contributed by atoms with E-state index >= 15 is 0 Å². The zero-order chi connectivity index (χ0) is 14.7. The number of nitrogens with zero attached hydrogens (tertiary/aromatic N) is 4. The topological polar surface area (TPSA) is 67.1 Å². The molecule has 0 atom stereocenters. The van der Waals surface area contributed by atoms with Gasteiger partial charge in [-0.15, -0.1) is 10.2 Å². The molecular weight excluding hydrogens is 284 g/mol. The predicted molar refractivity (Wildman–Crippen MR) is 84.2 cm³/mol. The lowest BCUT2D eigenvalue weighted by Crippen LogP contribution is -2.38. The van der Waals surface area contributed by atoms with Crippen molar-refractivity contribution in [2.45, 2.75) is 38.9 Å². The van der Waals surface area contributed by atoms with Crippen LogP contribution >= 0.6 is 11.3 Å². The molecule has 0 radical (unpaired) electrons. The van der Waals surface area contributed by atoms with Crippen LogP contribution in [0.2, 0.25) is 0 Å². The van der Waals surface area contributed by atoms with Crippen molar-refractivity contribution in [3.8, 4) is 0 Å². The van der Waals surface area contributed by atoms with Crippen LogP contribution in [0.1, 0.15) is 30.1 Å². The third-order valence-electron chi connectivity index (χ3n) is 3.51. The third kappa shape index (κ3) is 3.81. The van der Waals surface area contributed by atoms with Crippen molar-refractivity contribution in [3.63, 3.8) is 0 Å². The maximum absolute atomic E-state index is 4.64. The van der Waals surface area contributed by atoms with Crippen LogP contribution in [0.4, 0.5) is 0 Å². The molecule has 0 bridgehead atoms. The molecule has 3 rings (SSSR count). The molecule has 0 aliphatic heterocycles. The summed E-state index contributed by atoms with van der Waals surface area (Å²) in [5.41, 5.74) is 1.24. The molecule has 2 aromatic rings. The molecule has 0 saturated heterocycles. The number of hydrogen-bond acceptors (Lipinski definition) is 4. The summed E-state index contributed by atoms with van der Waals surface area (Å²) in [6, 6.07) is 2.68. The van der Waals surface area contributed by atoms with E-state index in [1.807, 2.05) is 18.5 Å². The van der Waals surface area contributed by atoms with E-state index in [0.29, 0.717) is 19.1 Å². The number of guanidine groups is 1. The number of hydrogen-bond donors (Lipinski definition) is 2. The van der Waals surface area contributed by atoms with E-state index in [-0.39, 0.29) is 0 Å². The van der Waals surface area contributed by atoms with Crippen LogP contribution in [-0.2, 0) is 20.1 Å². The Bertz CT molecular complexity index is 611. The summed E-state index contributed by atoms with van der Waals surface area (Å²) < 4.78 is 1.99. The smallest absolute Gasteiger partial charge is 0.192 e. The first kappa shape index (κ1) is 14.1. The van der Waals surface area contributed by atoms with Gasteiger partial charge in [0.2, 0.25) is 0 Å². The number of aromatic nitrogens is 3. The van der Waals surface area contributed by atoms with E-state index in [0.717, 1.165) is 17.6 Å². The van der Waals surface area contributed by atoms with Crippen LogP contribution in [0.15, 0.2) is 21.8 Å². The Balaban J connectivity index is 1.61. The van der Waals surface area contributed by atoms with Crippen molar-refractivity contribution in [2.75, 3.05) is 0 Å². The number of rotatable bonds is 5. The van der Waals surface area contributed by atoms with E-state index in [2.05, 4.69) is 42.6 Å². The summed E-state index contributed by atoms with van der Waals surface area (Å²) in [5.74, 6) is 2.68. The van der Waals surface area contributed by atoms with Gasteiger partial charge in [0.1, 0.15) is 5.82 Å². The van der Waals surface area contributed by atoms with E-state index in [1.54, 1.807) is 11.3 Å². The average Bonchev–Trinajstić information content (AvgIpc) is 3.03. The summed E-state index contributed by atoms with van der Waals surface area (Å²) in [6.45, 7) is 3.27. The first-order valence-corrected chi connectivity index (χ1v) is 8.07. The summed E-state index contributed by atoms with van der Waals surface area (Å²) >= 11 is 1.70. The Morgan fingerprint density at radius 1 is 1.48 bits per heavy atom. The molecule has 2 heterocycles. The van der Waals surface area contributed by atoms with Gasteiger partial charge in [-0.2, -0.15) is 11.3 Å². The van der Waals surface area contributed by atoms with E-state index in [1.165, 1.54) is 18.4 Å². The Labute approximate surface area is 128 Å². The second-order valence-electron chi connectivity index (χ2n) is 5.29. The molecule has 7 heteroatoms. The fourth-order valence-electron chi connectivity index (χ4n) is 1.89. The normalized spacial score (nSPS) is 15.2. The Hall–Kier alpha value is -1.89. The highest BCUT2D eigenvalue weighted by Gasteiger charge is 2.22. The van der Waals surface area contributed by atoms with Crippen LogP contribution in [0, 0.1) is 6.92 Å². The van der Waals surface area contributed by atoms with Crippen molar-refractivity contribution >= 4 is 17.3 Å². The second-order valence-corrected chi connectivity index (χ2v) is 6.07. The zero-order valence-electron chi connectivity index (χ0n) is 12.3. The van der Waals surface area contributed by atoms with Gasteiger partial charge in [-0.3, -0.25) is 0 Å². The van der Waals surface area contributed by atoms with E-state index < -0.39 is 0 Å². The van der Waals surface area contributed by atoms with E-state index in [4.69, 9.17) is 0 Å². The number of nitrogens with one attached hydrogen (secondary N) is 2. The molecule has 21 heavy (non-hydrogen) atoms. The average molecular weight is 304 g/mol. The molecule has 2 N–H and O–H groups in total. The molecule has 0 aromatic carbocycles. The van der Waals surface area contributed by atoms with Crippen molar-refractivity contribution in [2.24, 2.45) is 12.0 Å². The molecule has 6 nitrogen and oxygen atoms in total. The van der Waals surface area contributed by atoms with Crippen molar-refractivity contribution < 1.29 is 0 Å². The molecule has 1 aliphatic rings. The van der Waals surface area contributed by atoms with Crippen molar-refractivity contribution in [3.05, 3.63) is 34.0 Å². The summed E-state index contributed by atoms with van der Waals surface area (Å²) in [4.78, 5) is 4.64. The first-order valence-electron chi connectivity index (χ1n) is 7.13. The largest absolute Gasteiger partial charge is 0.354 e. The van der Waals surface area contributed by atoms with Gasteiger partial charge in [0.25, 0.3) is 0 Å². The van der Waals surface area contributed by atoms with Crippen LogP contribution in [0.25, 0.3) is 0 Å². The summed E-state index contributed by atoms with van der Waals surface area (Å²) in [6.07, 6.45) is 2.45. The van der Waals surface area contributed by atoms with Gasteiger partial charge in [0.05, 0.1) is 13.1 Å². The van der Waals surface area contributed by atoms with Gasteiger partial charge in [0.15, 0.2) is 11.8 Å². The summed E-state index contributed by atoms with van der Waals surface area (Å²) in [7, 11) is 1.98. The fraction of sp³-hybridized carbons (Fsp3) is 0.500. The minimum atomic E-state index is 0.569. The standard InChI is InChI=1S/C14H20N6S/c1-10-18-19-13(20(10)2)8-16-14(17-12-3-4-12)15-7-11-5-6-21-9-11/h5-6,9,12H,3-4,7-8H2,1-2H3,(H2,15,16,17). The Kier molecular flexibility index (Phi) is 4.19. The fourth-order valence-corrected chi connectivity index (χ4v) is 2.55. The molecular formula is C14H20N6S. The number of aryl methyl sites for hydroxylation is 1. The zero-order valence-corrected chi connectivity index (χ0v) is 13.2. The molecule has 0 spiro atoms. The van der Waals surface area contributed by atoms with Gasteiger partial charge >= 0.3 is 0 Å². The lowest BCUT2D eigenvalue weighted by Gasteiger charge is -2.11. The summed E-state index contributed by atoms with van der Waals surface area (Å²) in [5, 5.41) is 19.2. The monoisotopic (exact) mass is 304 g/mol. The maximum Gasteiger partial charge on any atom is 0.192 e. The first-order chi connectivity index (χ1) is 10.2. The van der Waals surface area contributed by atoms with E-state index in [9.17, 15) is 0 Å². The highest BCUT2D eigenvalue weighted by molar-refractivity contribution is 7.07.